The average Bonchev–Trinajstić information content (AvgIpc) is 2.67. The van der Waals surface area contributed by atoms with Gasteiger partial charge in [0.1, 0.15) is 6.61 Å². The van der Waals surface area contributed by atoms with Gasteiger partial charge in [-0.15, -0.1) is 0 Å². The van der Waals surface area contributed by atoms with Gasteiger partial charge in [-0.1, -0.05) is 48.5 Å². The summed E-state index contributed by atoms with van der Waals surface area (Å²) in [5, 5.41) is 9.57. The van der Waals surface area contributed by atoms with E-state index in [0.29, 0.717) is 17.5 Å². The van der Waals surface area contributed by atoms with Crippen molar-refractivity contribution in [3.63, 3.8) is 0 Å². The molecule has 0 radical (unpaired) electrons. The number of carbonyl (C=O) groups is 3. The number of benzene rings is 2. The quantitative estimate of drug-likeness (QED) is 0.579. The first-order valence-electron chi connectivity index (χ1n) is 8.20. The number of ether oxygens (including phenoxy) is 1. The second-order valence-corrected chi connectivity index (χ2v) is 5.82. The van der Waals surface area contributed by atoms with Crippen LogP contribution in [-0.2, 0) is 20.9 Å². The zero-order valence-corrected chi connectivity index (χ0v) is 14.5. The van der Waals surface area contributed by atoms with Gasteiger partial charge in [0.25, 0.3) is 5.91 Å². The molecule has 1 atom stereocenters. The molecule has 2 amide bonds. The molecule has 136 valence electrons. The minimum atomic E-state index is -0.983. The molecule has 26 heavy (non-hydrogen) atoms. The zero-order valence-electron chi connectivity index (χ0n) is 14.5. The van der Waals surface area contributed by atoms with Gasteiger partial charge < -0.3 is 9.84 Å². The highest BCUT2D eigenvalue weighted by atomic mass is 16.5. The van der Waals surface area contributed by atoms with E-state index >= 15 is 0 Å². The Labute approximate surface area is 152 Å². The third-order valence-electron chi connectivity index (χ3n) is 3.97. The number of aliphatic hydroxyl groups excluding tert-OH is 1. The highest BCUT2D eigenvalue weighted by Crippen LogP contribution is 2.14. The van der Waals surface area contributed by atoms with E-state index in [4.69, 9.17) is 4.74 Å². The van der Waals surface area contributed by atoms with Crippen LogP contribution in [0.4, 0.5) is 0 Å². The standard InChI is InChI=1S/C20H21NO5/c1-15-7-5-6-10-18(15)20(25)21(14-23)17(12-22)11-19(24)26-13-16-8-3-2-4-9-16/h2-10,14,17,22H,11-13H2,1H3/t17-/m0/s1. The van der Waals surface area contributed by atoms with Crippen LogP contribution in [0.5, 0.6) is 0 Å². The lowest BCUT2D eigenvalue weighted by atomic mass is 10.1. The Hall–Kier alpha value is -2.99. The SMILES string of the molecule is Cc1ccccc1C(=O)N(C=O)[C@H](CO)CC(=O)OCc1ccccc1. The first-order valence-corrected chi connectivity index (χ1v) is 8.20. The Morgan fingerprint density at radius 2 is 1.77 bits per heavy atom. The second-order valence-electron chi connectivity index (χ2n) is 5.82. The maximum Gasteiger partial charge on any atom is 0.308 e. The molecule has 0 aliphatic carbocycles. The van der Waals surface area contributed by atoms with Crippen molar-refractivity contribution in [2.24, 2.45) is 0 Å². The largest absolute Gasteiger partial charge is 0.461 e. The number of aliphatic hydroxyl groups is 1. The third-order valence-corrected chi connectivity index (χ3v) is 3.97. The van der Waals surface area contributed by atoms with Crippen LogP contribution in [0.3, 0.4) is 0 Å². The summed E-state index contributed by atoms with van der Waals surface area (Å²) < 4.78 is 5.16. The number of hydrogen-bond acceptors (Lipinski definition) is 5. The van der Waals surface area contributed by atoms with E-state index in [2.05, 4.69) is 0 Å². The Morgan fingerprint density at radius 1 is 1.12 bits per heavy atom. The van der Waals surface area contributed by atoms with Gasteiger partial charge in [-0.3, -0.25) is 19.3 Å². The number of nitrogens with zero attached hydrogens (tertiary/aromatic N) is 1. The molecule has 0 spiro atoms. The molecule has 0 aromatic heterocycles. The van der Waals surface area contributed by atoms with Crippen LogP contribution in [0, 0.1) is 6.92 Å². The lowest BCUT2D eigenvalue weighted by molar-refractivity contribution is -0.146. The fourth-order valence-corrected chi connectivity index (χ4v) is 2.49. The van der Waals surface area contributed by atoms with Crippen molar-refractivity contribution in [3.05, 3.63) is 71.3 Å². The number of hydrogen-bond donors (Lipinski definition) is 1. The summed E-state index contributed by atoms with van der Waals surface area (Å²) >= 11 is 0. The molecule has 1 N–H and O–H groups in total. The van der Waals surface area contributed by atoms with E-state index in [0.717, 1.165) is 10.5 Å². The summed E-state index contributed by atoms with van der Waals surface area (Å²) in [7, 11) is 0. The van der Waals surface area contributed by atoms with Crippen molar-refractivity contribution in [1.29, 1.82) is 0 Å². The molecule has 0 bridgehead atoms. The summed E-state index contributed by atoms with van der Waals surface area (Å²) in [5.41, 5.74) is 1.87. The minimum Gasteiger partial charge on any atom is -0.461 e. The maximum absolute atomic E-state index is 12.6. The topological polar surface area (TPSA) is 83.9 Å². The molecule has 6 nitrogen and oxygen atoms in total. The van der Waals surface area contributed by atoms with Crippen LogP contribution in [0.1, 0.15) is 27.9 Å². The van der Waals surface area contributed by atoms with Gasteiger partial charge >= 0.3 is 5.97 Å². The minimum absolute atomic E-state index is 0.0879. The number of aryl methyl sites for hydroxylation is 1. The van der Waals surface area contributed by atoms with Gasteiger partial charge in [0.15, 0.2) is 0 Å². The van der Waals surface area contributed by atoms with Crippen molar-refractivity contribution in [2.75, 3.05) is 6.61 Å². The van der Waals surface area contributed by atoms with Crippen LogP contribution >= 0.6 is 0 Å². The van der Waals surface area contributed by atoms with Gasteiger partial charge in [-0.2, -0.15) is 0 Å². The molecule has 0 aliphatic rings. The van der Waals surface area contributed by atoms with Gasteiger partial charge in [-0.25, -0.2) is 0 Å². The lowest BCUT2D eigenvalue weighted by Gasteiger charge is -2.25. The molecule has 2 aromatic carbocycles. The first-order chi connectivity index (χ1) is 12.6. The third kappa shape index (κ3) is 5.00. The Balaban J connectivity index is 2.02. The van der Waals surface area contributed by atoms with Crippen LogP contribution in [0.25, 0.3) is 0 Å². The number of rotatable bonds is 8. The van der Waals surface area contributed by atoms with E-state index in [1.165, 1.54) is 0 Å². The fourth-order valence-electron chi connectivity index (χ4n) is 2.49. The predicted octanol–water partition coefficient (Wildman–Crippen LogP) is 2.09. The second kappa shape index (κ2) is 9.48. The van der Waals surface area contributed by atoms with Crippen molar-refractivity contribution < 1.29 is 24.2 Å². The molecule has 0 fully saturated rings. The summed E-state index contributed by atoms with van der Waals surface area (Å²) in [5.74, 6) is -1.16. The van der Waals surface area contributed by atoms with E-state index in [1.54, 1.807) is 31.2 Å². The molecule has 2 aromatic rings. The summed E-state index contributed by atoms with van der Waals surface area (Å²) in [6.45, 7) is 1.31. The summed E-state index contributed by atoms with van der Waals surface area (Å²) in [6.07, 6.45) is 0.0554. The van der Waals surface area contributed by atoms with Gasteiger partial charge in [0, 0.05) is 5.56 Å². The van der Waals surface area contributed by atoms with E-state index in [9.17, 15) is 19.5 Å². The summed E-state index contributed by atoms with van der Waals surface area (Å²) in [6, 6.07) is 15.0. The monoisotopic (exact) mass is 355 g/mol. The zero-order chi connectivity index (χ0) is 18.9. The van der Waals surface area contributed by atoms with Gasteiger partial charge in [0.2, 0.25) is 6.41 Å². The lowest BCUT2D eigenvalue weighted by Crippen LogP contribution is -2.43. The van der Waals surface area contributed by atoms with Crippen molar-refractivity contribution in [3.8, 4) is 0 Å². The molecule has 0 saturated carbocycles. The highest BCUT2D eigenvalue weighted by Gasteiger charge is 2.27. The van der Waals surface area contributed by atoms with E-state index < -0.39 is 24.5 Å². The van der Waals surface area contributed by atoms with Crippen LogP contribution in [0.2, 0.25) is 0 Å². The fraction of sp³-hybridized carbons (Fsp3) is 0.250. The molecular weight excluding hydrogens is 334 g/mol. The Morgan fingerprint density at radius 3 is 2.38 bits per heavy atom. The highest BCUT2D eigenvalue weighted by molar-refractivity contribution is 6.01. The number of imide groups is 1. The van der Waals surface area contributed by atoms with E-state index in [1.807, 2.05) is 30.3 Å². The van der Waals surface area contributed by atoms with Gasteiger partial charge in [-0.05, 0) is 24.1 Å². The molecule has 2 rings (SSSR count). The van der Waals surface area contributed by atoms with Gasteiger partial charge in [0.05, 0.1) is 19.1 Å². The van der Waals surface area contributed by atoms with Crippen molar-refractivity contribution in [1.82, 2.24) is 4.90 Å². The average molecular weight is 355 g/mol. The first kappa shape index (κ1) is 19.3. The molecule has 0 aliphatic heterocycles. The number of amides is 2. The van der Waals surface area contributed by atoms with Crippen LogP contribution in [-0.4, -0.2) is 40.9 Å². The normalized spacial score (nSPS) is 11.5. The Bertz CT molecular complexity index is 760. The Kier molecular flexibility index (Phi) is 7.05. The predicted molar refractivity (Wildman–Crippen MR) is 95.1 cm³/mol. The summed E-state index contributed by atoms with van der Waals surface area (Å²) in [4.78, 5) is 36.9. The van der Waals surface area contributed by atoms with Crippen LogP contribution < -0.4 is 0 Å². The maximum atomic E-state index is 12.6. The van der Waals surface area contributed by atoms with Crippen molar-refractivity contribution in [2.45, 2.75) is 26.0 Å². The number of esters is 1. The molecule has 0 heterocycles. The van der Waals surface area contributed by atoms with Crippen molar-refractivity contribution >= 4 is 18.3 Å². The number of carbonyl (C=O) groups excluding carboxylic acids is 3. The molecule has 0 unspecified atom stereocenters. The smallest absolute Gasteiger partial charge is 0.308 e. The molecular formula is C20H21NO5. The molecule has 0 saturated heterocycles. The van der Waals surface area contributed by atoms with Crippen LogP contribution in [0.15, 0.2) is 54.6 Å². The molecule has 6 heteroatoms. The van der Waals surface area contributed by atoms with E-state index in [-0.39, 0.29) is 13.0 Å².